The molecule has 2 aromatic carbocycles. The number of hydrogen-bond donors (Lipinski definition) is 2. The number of benzene rings is 2. The molecule has 6 atom stereocenters. The molecule has 2 amide bonds. The Morgan fingerprint density at radius 1 is 0.915 bits per heavy atom. The standard InChI is InChI=1S/C35H45F3N4O5/c1-23-30(21-41-17-5-9-28(41)20-40-15-2-3-16-40)46-33(47-31(23)25-13-11-24(22-43)12-14-25)26-7-4-8-27(19-26)39-32(44)29-10-6-18-42(29)34(45)35(36,37)38/h4,7-8,11-14,19,23,28-31,33,43H,2-3,5-6,9-10,15-18,20-22H2,1H3,(H,39,44). The lowest BCUT2D eigenvalue weighted by atomic mass is 9.90. The first-order valence-electron chi connectivity index (χ1n) is 16.9. The third-order valence-electron chi connectivity index (χ3n) is 10.2. The lowest BCUT2D eigenvalue weighted by Crippen LogP contribution is -2.48. The molecule has 2 N–H and O–H groups in total. The molecule has 0 aliphatic carbocycles. The topological polar surface area (TPSA) is 94.6 Å². The van der Waals surface area contributed by atoms with Crippen molar-refractivity contribution in [2.24, 2.45) is 5.92 Å². The summed E-state index contributed by atoms with van der Waals surface area (Å²) in [7, 11) is 0. The minimum atomic E-state index is -5.04. The van der Waals surface area contributed by atoms with Gasteiger partial charge in [0, 0.05) is 42.8 Å². The van der Waals surface area contributed by atoms with Crippen molar-refractivity contribution in [1.29, 1.82) is 0 Å². The number of alkyl halides is 3. The van der Waals surface area contributed by atoms with E-state index >= 15 is 0 Å². The Hall–Kier alpha value is -3.03. The van der Waals surface area contributed by atoms with Gasteiger partial charge in [-0.1, -0.05) is 43.3 Å². The molecule has 4 fully saturated rings. The maximum absolute atomic E-state index is 13.1. The Bertz CT molecular complexity index is 1390. The molecule has 0 spiro atoms. The molecule has 6 rings (SSSR count). The summed E-state index contributed by atoms with van der Waals surface area (Å²) in [6.07, 6.45) is -0.939. The van der Waals surface area contributed by atoms with E-state index in [0.717, 1.165) is 56.7 Å². The molecule has 4 heterocycles. The number of likely N-dealkylation sites (tertiary alicyclic amines) is 3. The number of nitrogens with zero attached hydrogens (tertiary/aromatic N) is 3. The van der Waals surface area contributed by atoms with Crippen LogP contribution in [0.3, 0.4) is 0 Å². The van der Waals surface area contributed by atoms with E-state index in [0.29, 0.717) is 28.6 Å². The lowest BCUT2D eigenvalue weighted by molar-refractivity contribution is -0.276. The third-order valence-corrected chi connectivity index (χ3v) is 10.2. The van der Waals surface area contributed by atoms with Gasteiger partial charge in [-0.05, 0) is 81.4 Å². The Balaban J connectivity index is 1.20. The van der Waals surface area contributed by atoms with E-state index in [9.17, 15) is 27.9 Å². The van der Waals surface area contributed by atoms with Gasteiger partial charge in [0.1, 0.15) is 6.04 Å². The van der Waals surface area contributed by atoms with Crippen LogP contribution in [-0.4, -0.2) is 95.3 Å². The van der Waals surface area contributed by atoms with E-state index in [1.165, 1.54) is 12.8 Å². The number of anilines is 1. The molecule has 4 aliphatic rings. The van der Waals surface area contributed by atoms with Crippen LogP contribution in [-0.2, 0) is 25.7 Å². The summed E-state index contributed by atoms with van der Waals surface area (Å²) in [6.45, 7) is 7.14. The highest BCUT2D eigenvalue weighted by molar-refractivity contribution is 5.98. The van der Waals surface area contributed by atoms with Crippen molar-refractivity contribution in [3.63, 3.8) is 0 Å². The summed E-state index contributed by atoms with van der Waals surface area (Å²) >= 11 is 0. The summed E-state index contributed by atoms with van der Waals surface area (Å²) < 4.78 is 52.8. The molecule has 0 bridgehead atoms. The highest BCUT2D eigenvalue weighted by atomic mass is 19.4. The first-order chi connectivity index (χ1) is 22.6. The predicted octanol–water partition coefficient (Wildman–Crippen LogP) is 5.02. The summed E-state index contributed by atoms with van der Waals surface area (Å²) in [5.41, 5.74) is 2.84. The average molecular weight is 659 g/mol. The molecule has 4 saturated heterocycles. The van der Waals surface area contributed by atoms with Crippen LogP contribution < -0.4 is 5.32 Å². The van der Waals surface area contributed by atoms with E-state index in [-0.39, 0.29) is 37.7 Å². The van der Waals surface area contributed by atoms with Crippen molar-refractivity contribution in [3.05, 3.63) is 65.2 Å². The first-order valence-corrected chi connectivity index (χ1v) is 16.9. The van der Waals surface area contributed by atoms with Crippen LogP contribution in [0.2, 0.25) is 0 Å². The second kappa shape index (κ2) is 14.6. The van der Waals surface area contributed by atoms with Crippen molar-refractivity contribution in [3.8, 4) is 0 Å². The van der Waals surface area contributed by atoms with Crippen molar-refractivity contribution in [2.75, 3.05) is 44.6 Å². The van der Waals surface area contributed by atoms with Gasteiger partial charge in [-0.25, -0.2) is 0 Å². The van der Waals surface area contributed by atoms with Gasteiger partial charge in [-0.2, -0.15) is 13.2 Å². The molecular weight excluding hydrogens is 613 g/mol. The highest BCUT2D eigenvalue weighted by Gasteiger charge is 2.48. The van der Waals surface area contributed by atoms with Crippen LogP contribution in [0.25, 0.3) is 0 Å². The van der Waals surface area contributed by atoms with Crippen LogP contribution in [0, 0.1) is 5.92 Å². The van der Waals surface area contributed by atoms with Crippen LogP contribution in [0.1, 0.15) is 74.5 Å². The summed E-state index contributed by atoms with van der Waals surface area (Å²) in [5.74, 6) is -2.64. The molecule has 0 radical (unpaired) electrons. The van der Waals surface area contributed by atoms with E-state index in [1.54, 1.807) is 18.2 Å². The predicted molar refractivity (Wildman–Crippen MR) is 169 cm³/mol. The number of nitrogens with one attached hydrogen (secondary N) is 1. The Kier molecular flexibility index (Phi) is 10.5. The number of aliphatic hydroxyl groups excluding tert-OH is 1. The molecule has 12 heteroatoms. The fourth-order valence-electron chi connectivity index (χ4n) is 7.60. The van der Waals surface area contributed by atoms with Gasteiger partial charge in [-0.3, -0.25) is 14.5 Å². The van der Waals surface area contributed by atoms with Crippen molar-refractivity contribution in [2.45, 2.75) is 88.8 Å². The lowest BCUT2D eigenvalue weighted by Gasteiger charge is -2.43. The zero-order chi connectivity index (χ0) is 33.1. The molecule has 2 aromatic rings. The summed E-state index contributed by atoms with van der Waals surface area (Å²) in [5, 5.41) is 12.3. The van der Waals surface area contributed by atoms with E-state index in [4.69, 9.17) is 9.47 Å². The van der Waals surface area contributed by atoms with Crippen LogP contribution in [0.15, 0.2) is 48.5 Å². The minimum absolute atomic E-state index is 0.0154. The van der Waals surface area contributed by atoms with Gasteiger partial charge in [-0.15, -0.1) is 0 Å². The Morgan fingerprint density at radius 2 is 1.66 bits per heavy atom. The zero-order valence-electron chi connectivity index (χ0n) is 26.8. The number of amides is 2. The van der Waals surface area contributed by atoms with Gasteiger partial charge in [0.2, 0.25) is 5.91 Å². The second-order valence-electron chi connectivity index (χ2n) is 13.4. The van der Waals surface area contributed by atoms with Crippen LogP contribution in [0.5, 0.6) is 0 Å². The fraction of sp³-hybridized carbons (Fsp3) is 0.600. The van der Waals surface area contributed by atoms with Crippen LogP contribution in [0.4, 0.5) is 18.9 Å². The van der Waals surface area contributed by atoms with Gasteiger partial charge in [0.05, 0.1) is 18.8 Å². The monoisotopic (exact) mass is 658 g/mol. The second-order valence-corrected chi connectivity index (χ2v) is 13.4. The molecule has 47 heavy (non-hydrogen) atoms. The molecular formula is C35H45F3N4O5. The third kappa shape index (κ3) is 7.83. The molecule has 0 saturated carbocycles. The maximum atomic E-state index is 13.1. The number of aliphatic hydroxyl groups is 1. The number of hydrogen-bond acceptors (Lipinski definition) is 7. The largest absolute Gasteiger partial charge is 0.471 e. The Morgan fingerprint density at radius 3 is 2.38 bits per heavy atom. The number of ether oxygens (including phenoxy) is 2. The van der Waals surface area contributed by atoms with E-state index < -0.39 is 30.3 Å². The van der Waals surface area contributed by atoms with Crippen molar-refractivity contribution >= 4 is 17.5 Å². The normalized spacial score (nSPS) is 29.0. The van der Waals surface area contributed by atoms with Gasteiger partial charge in [0.15, 0.2) is 6.29 Å². The average Bonchev–Trinajstić information content (AvgIpc) is 3.85. The van der Waals surface area contributed by atoms with E-state index in [2.05, 4.69) is 22.0 Å². The molecule has 4 aliphatic heterocycles. The number of rotatable bonds is 9. The number of carbonyl (C=O) groups is 2. The summed E-state index contributed by atoms with van der Waals surface area (Å²) in [6, 6.07) is 14.0. The molecule has 9 nitrogen and oxygen atoms in total. The van der Waals surface area contributed by atoms with Gasteiger partial charge >= 0.3 is 12.1 Å². The molecule has 0 aromatic heterocycles. The van der Waals surface area contributed by atoms with E-state index in [1.807, 2.05) is 30.3 Å². The maximum Gasteiger partial charge on any atom is 0.471 e. The molecule has 6 unspecified atom stereocenters. The zero-order valence-corrected chi connectivity index (χ0v) is 26.8. The van der Waals surface area contributed by atoms with Gasteiger partial charge in [0.25, 0.3) is 0 Å². The smallest absolute Gasteiger partial charge is 0.392 e. The number of carbonyl (C=O) groups excluding carboxylic acids is 2. The quantitative estimate of drug-likeness (QED) is 0.391. The highest BCUT2D eigenvalue weighted by Crippen LogP contribution is 2.43. The SMILES string of the molecule is CC1C(CN2CCCC2CN2CCCC2)OC(c2cccc(NC(=O)C3CCCN3C(=O)C(F)(F)F)c2)OC1c1ccc(CO)cc1. The molecule has 256 valence electrons. The van der Waals surface area contributed by atoms with Gasteiger partial charge < -0.3 is 29.7 Å². The Labute approximate surface area is 274 Å². The van der Waals surface area contributed by atoms with Crippen LogP contribution >= 0.6 is 0 Å². The summed E-state index contributed by atoms with van der Waals surface area (Å²) in [4.78, 5) is 30.8. The first kappa shape index (κ1) is 33.9. The number of halogens is 3. The minimum Gasteiger partial charge on any atom is -0.392 e. The van der Waals surface area contributed by atoms with Crippen molar-refractivity contribution < 1.29 is 37.3 Å². The van der Waals surface area contributed by atoms with Crippen molar-refractivity contribution in [1.82, 2.24) is 14.7 Å². The fourth-order valence-corrected chi connectivity index (χ4v) is 7.60.